The summed E-state index contributed by atoms with van der Waals surface area (Å²) in [5.41, 5.74) is 2.76. The van der Waals surface area contributed by atoms with Crippen LogP contribution in [0.15, 0.2) is 40.2 Å². The molecule has 1 atom stereocenters. The molecule has 0 nitrogen and oxygen atoms in total. The maximum Gasteiger partial charge on any atom is 0.0704 e. The molecule has 0 spiro atoms. The van der Waals surface area contributed by atoms with Crippen LogP contribution >= 0.6 is 43.2 Å². The predicted octanol–water partition coefficient (Wildman–Crippen LogP) is 5.50. The van der Waals surface area contributed by atoms with Crippen LogP contribution in [-0.4, -0.2) is 0 Å². The van der Waals surface area contributed by atoms with E-state index in [2.05, 4.69) is 75.2 Å². The van der Waals surface area contributed by atoms with Gasteiger partial charge in [-0.2, -0.15) is 0 Å². The molecule has 2 aromatic rings. The van der Waals surface area contributed by atoms with E-state index in [-0.39, 0.29) is 0 Å². The van der Waals surface area contributed by atoms with Crippen molar-refractivity contribution in [3.63, 3.8) is 0 Å². The summed E-state index contributed by atoms with van der Waals surface area (Å²) in [7, 11) is 0. The van der Waals surface area contributed by atoms with Gasteiger partial charge in [-0.05, 0) is 46.5 Å². The van der Waals surface area contributed by atoms with Gasteiger partial charge in [0, 0.05) is 9.70 Å². The Labute approximate surface area is 117 Å². The number of hydrogen-bond donors (Lipinski definition) is 0. The summed E-state index contributed by atoms with van der Waals surface area (Å²) < 4.78 is 1.21. The predicted molar refractivity (Wildman–Crippen MR) is 78.6 cm³/mol. The molecule has 0 N–H and O–H groups in total. The van der Waals surface area contributed by atoms with E-state index in [0.29, 0.717) is 4.83 Å². The highest BCUT2D eigenvalue weighted by atomic mass is 79.9. The Morgan fingerprint density at radius 3 is 2.50 bits per heavy atom. The lowest BCUT2D eigenvalue weighted by Crippen LogP contribution is -1.94. The summed E-state index contributed by atoms with van der Waals surface area (Å²) in [5.74, 6) is 0. The molecule has 0 amide bonds. The lowest BCUT2D eigenvalue weighted by molar-refractivity contribution is 0.946. The molecule has 0 fully saturated rings. The van der Waals surface area contributed by atoms with Crippen molar-refractivity contribution >= 4 is 43.2 Å². The van der Waals surface area contributed by atoms with Crippen molar-refractivity contribution in [3.05, 3.63) is 56.2 Å². The van der Waals surface area contributed by atoms with Crippen LogP contribution in [0.5, 0.6) is 0 Å². The molecule has 2 rings (SSSR count). The van der Waals surface area contributed by atoms with E-state index in [9.17, 15) is 0 Å². The average Bonchev–Trinajstić information content (AvgIpc) is 2.59. The smallest absolute Gasteiger partial charge is 0.0704 e. The molecule has 1 unspecified atom stereocenters. The topological polar surface area (TPSA) is 0 Å². The fourth-order valence-electron chi connectivity index (χ4n) is 1.70. The van der Waals surface area contributed by atoms with Gasteiger partial charge >= 0.3 is 0 Å². The monoisotopic (exact) mass is 358 g/mol. The molecule has 0 aliphatic carbocycles. The second-order valence-corrected chi connectivity index (χ2v) is 7.46. The fourth-order valence-corrected chi connectivity index (χ4v) is 4.47. The highest BCUT2D eigenvalue weighted by molar-refractivity contribution is 9.11. The Morgan fingerprint density at radius 1 is 1.25 bits per heavy atom. The molecule has 3 heteroatoms. The molecule has 16 heavy (non-hydrogen) atoms. The Morgan fingerprint density at radius 2 is 1.94 bits per heavy atom. The van der Waals surface area contributed by atoms with Crippen molar-refractivity contribution < 1.29 is 0 Å². The van der Waals surface area contributed by atoms with Gasteiger partial charge in [-0.1, -0.05) is 46.3 Å². The zero-order valence-electron chi connectivity index (χ0n) is 8.91. The lowest BCUT2D eigenvalue weighted by atomic mass is 10.1. The number of aryl methyl sites for hydroxylation is 1. The molecule has 84 valence electrons. The average molecular weight is 360 g/mol. The second kappa shape index (κ2) is 5.48. The Balaban J connectivity index is 2.14. The summed E-state index contributed by atoms with van der Waals surface area (Å²) >= 11 is 9.10. The standard InChI is InChI=1S/C13H12Br2S/c1-9-11(8-13(15)16-9)12(14)7-10-5-3-2-4-6-10/h2-6,8,12H,7H2,1H3. The van der Waals surface area contributed by atoms with Crippen LogP contribution in [0.3, 0.4) is 0 Å². The van der Waals surface area contributed by atoms with Gasteiger partial charge in [-0.3, -0.25) is 0 Å². The molecule has 0 bridgehead atoms. The number of benzene rings is 1. The fraction of sp³-hybridized carbons (Fsp3) is 0.231. The van der Waals surface area contributed by atoms with Gasteiger partial charge in [0.15, 0.2) is 0 Å². The first-order chi connectivity index (χ1) is 7.66. The number of alkyl halides is 1. The molecule has 0 aliphatic rings. The minimum absolute atomic E-state index is 0.400. The highest BCUT2D eigenvalue weighted by Gasteiger charge is 2.13. The summed E-state index contributed by atoms with van der Waals surface area (Å²) in [6.07, 6.45) is 1.03. The third-order valence-electron chi connectivity index (χ3n) is 2.52. The van der Waals surface area contributed by atoms with E-state index < -0.39 is 0 Å². The number of halogens is 2. The van der Waals surface area contributed by atoms with Crippen LogP contribution in [0.1, 0.15) is 20.8 Å². The van der Waals surface area contributed by atoms with Crippen molar-refractivity contribution in [1.29, 1.82) is 0 Å². The molecular formula is C13H12Br2S. The molecular weight excluding hydrogens is 348 g/mol. The summed E-state index contributed by atoms with van der Waals surface area (Å²) in [6.45, 7) is 2.17. The van der Waals surface area contributed by atoms with Gasteiger partial charge in [0.05, 0.1) is 3.79 Å². The first kappa shape index (κ1) is 12.3. The first-order valence-corrected chi connectivity index (χ1v) is 7.63. The molecule has 0 aliphatic heterocycles. The van der Waals surface area contributed by atoms with Crippen molar-refractivity contribution in [3.8, 4) is 0 Å². The van der Waals surface area contributed by atoms with E-state index >= 15 is 0 Å². The van der Waals surface area contributed by atoms with Gasteiger partial charge in [0.1, 0.15) is 0 Å². The largest absolute Gasteiger partial charge is 0.133 e. The summed E-state index contributed by atoms with van der Waals surface area (Å²) in [5, 5.41) is 0. The molecule has 1 heterocycles. The van der Waals surface area contributed by atoms with E-state index in [1.54, 1.807) is 11.3 Å². The quantitative estimate of drug-likeness (QED) is 0.635. The molecule has 1 aromatic heterocycles. The number of thiophene rings is 1. The Bertz CT molecular complexity index is 462. The zero-order valence-corrected chi connectivity index (χ0v) is 12.9. The Kier molecular flexibility index (Phi) is 4.22. The van der Waals surface area contributed by atoms with Crippen LogP contribution in [-0.2, 0) is 6.42 Å². The summed E-state index contributed by atoms with van der Waals surface area (Å²) in [4.78, 5) is 1.78. The van der Waals surface area contributed by atoms with Crippen molar-refractivity contribution in [2.24, 2.45) is 0 Å². The van der Waals surface area contributed by atoms with Crippen LogP contribution in [0.4, 0.5) is 0 Å². The van der Waals surface area contributed by atoms with E-state index in [1.165, 1.54) is 19.8 Å². The molecule has 1 aromatic carbocycles. The van der Waals surface area contributed by atoms with E-state index in [4.69, 9.17) is 0 Å². The highest BCUT2D eigenvalue weighted by Crippen LogP contribution is 2.36. The molecule has 0 saturated carbocycles. The second-order valence-electron chi connectivity index (χ2n) is 3.72. The third-order valence-corrected chi connectivity index (χ3v) is 4.91. The van der Waals surface area contributed by atoms with E-state index in [0.717, 1.165) is 6.42 Å². The first-order valence-electron chi connectivity index (χ1n) is 5.10. The van der Waals surface area contributed by atoms with Crippen LogP contribution in [0.25, 0.3) is 0 Å². The number of rotatable bonds is 3. The van der Waals surface area contributed by atoms with Gasteiger partial charge in [-0.25, -0.2) is 0 Å². The minimum Gasteiger partial charge on any atom is -0.133 e. The van der Waals surface area contributed by atoms with Gasteiger partial charge in [-0.15, -0.1) is 11.3 Å². The van der Waals surface area contributed by atoms with Crippen molar-refractivity contribution in [2.45, 2.75) is 18.2 Å². The molecule has 0 saturated heterocycles. The summed E-state index contributed by atoms with van der Waals surface area (Å²) in [6, 6.07) is 12.8. The van der Waals surface area contributed by atoms with Crippen molar-refractivity contribution in [2.75, 3.05) is 0 Å². The lowest BCUT2D eigenvalue weighted by Gasteiger charge is -2.09. The molecule has 0 radical (unpaired) electrons. The zero-order chi connectivity index (χ0) is 11.5. The normalized spacial score (nSPS) is 12.7. The van der Waals surface area contributed by atoms with Crippen LogP contribution < -0.4 is 0 Å². The number of hydrogen-bond acceptors (Lipinski definition) is 1. The third kappa shape index (κ3) is 2.96. The van der Waals surface area contributed by atoms with Gasteiger partial charge < -0.3 is 0 Å². The van der Waals surface area contributed by atoms with Crippen LogP contribution in [0.2, 0.25) is 0 Å². The maximum absolute atomic E-state index is 3.77. The Hall–Kier alpha value is -0.120. The maximum atomic E-state index is 3.77. The van der Waals surface area contributed by atoms with Gasteiger partial charge in [0.25, 0.3) is 0 Å². The minimum atomic E-state index is 0.400. The van der Waals surface area contributed by atoms with Crippen molar-refractivity contribution in [1.82, 2.24) is 0 Å². The SMILES string of the molecule is Cc1sc(Br)cc1C(Br)Cc1ccccc1. The van der Waals surface area contributed by atoms with E-state index in [1.807, 2.05) is 0 Å². The van der Waals surface area contributed by atoms with Crippen LogP contribution in [0, 0.1) is 6.92 Å². The van der Waals surface area contributed by atoms with Gasteiger partial charge in [0.2, 0.25) is 0 Å².